The van der Waals surface area contributed by atoms with Crippen LogP contribution in [0.3, 0.4) is 0 Å². The Balaban J connectivity index is 2.49. The molecule has 0 saturated heterocycles. The summed E-state index contributed by atoms with van der Waals surface area (Å²) < 4.78 is 5.18. The van der Waals surface area contributed by atoms with Crippen LogP contribution in [0.1, 0.15) is 43.5 Å². The molecule has 10 heteroatoms. The molecule has 10 nitrogen and oxygen atoms in total. The van der Waals surface area contributed by atoms with Crippen molar-refractivity contribution >= 4 is 23.6 Å². The fourth-order valence-electron chi connectivity index (χ4n) is 3.68. The minimum absolute atomic E-state index is 0.108. The Morgan fingerprint density at radius 1 is 1.00 bits per heavy atom. The van der Waals surface area contributed by atoms with Crippen LogP contribution in [-0.4, -0.2) is 69.5 Å². The maximum atomic E-state index is 13.6. The molecule has 0 aromatic heterocycles. The number of amides is 3. The second-order valence-corrected chi connectivity index (χ2v) is 9.35. The molecule has 0 heterocycles. The van der Waals surface area contributed by atoms with E-state index in [2.05, 4.69) is 10.6 Å². The fourth-order valence-corrected chi connectivity index (χ4v) is 3.68. The molecule has 196 valence electrons. The number of benzene rings is 2. The van der Waals surface area contributed by atoms with E-state index in [-0.39, 0.29) is 17.9 Å². The molecule has 2 unspecified atom stereocenters. The lowest BCUT2D eigenvalue weighted by molar-refractivity contribution is -0.142. The number of carbonyl (C=O) groups excluding carboxylic acids is 3. The number of aryl methyl sites for hydroxylation is 2. The van der Waals surface area contributed by atoms with Crippen LogP contribution in [0.15, 0.2) is 42.5 Å². The molecule has 0 aliphatic heterocycles. The first-order chi connectivity index (χ1) is 16.9. The van der Waals surface area contributed by atoms with Gasteiger partial charge < -0.3 is 35.6 Å². The van der Waals surface area contributed by atoms with Gasteiger partial charge in [0.15, 0.2) is 0 Å². The first-order valence-corrected chi connectivity index (χ1v) is 11.6. The number of hydrogen-bond acceptors (Lipinski definition) is 7. The van der Waals surface area contributed by atoms with Crippen LogP contribution in [0, 0.1) is 13.8 Å². The third kappa shape index (κ3) is 7.43. The van der Waals surface area contributed by atoms with Crippen LogP contribution in [0.2, 0.25) is 0 Å². The zero-order valence-electron chi connectivity index (χ0n) is 21.2. The Bertz CT molecular complexity index is 1060. The number of ether oxygens (including phenoxy) is 1. The number of hydrogen-bond donors (Lipinski definition) is 5. The monoisotopic (exact) mass is 501 g/mol. The molecule has 5 N–H and O–H groups in total. The smallest absolute Gasteiger partial charge is 0.408 e. The molecule has 0 spiro atoms. The normalized spacial score (nSPS) is 12.9. The number of rotatable bonds is 9. The minimum Gasteiger partial charge on any atom is -0.508 e. The lowest BCUT2D eigenvalue weighted by Gasteiger charge is -2.34. The van der Waals surface area contributed by atoms with E-state index in [4.69, 9.17) is 4.74 Å². The number of phenols is 1. The van der Waals surface area contributed by atoms with Crippen molar-refractivity contribution in [2.75, 3.05) is 25.1 Å². The van der Waals surface area contributed by atoms with Gasteiger partial charge in [0.1, 0.15) is 23.4 Å². The Morgan fingerprint density at radius 3 is 2.14 bits per heavy atom. The molecule has 0 fully saturated rings. The average molecular weight is 502 g/mol. The van der Waals surface area contributed by atoms with E-state index in [1.54, 1.807) is 32.9 Å². The summed E-state index contributed by atoms with van der Waals surface area (Å²) >= 11 is 0. The van der Waals surface area contributed by atoms with Gasteiger partial charge in [0, 0.05) is 17.8 Å². The Kier molecular flexibility index (Phi) is 9.83. The Labute approximate surface area is 210 Å². The summed E-state index contributed by atoms with van der Waals surface area (Å²) in [6, 6.07) is 8.65. The molecular weight excluding hydrogens is 466 g/mol. The predicted molar refractivity (Wildman–Crippen MR) is 134 cm³/mol. The zero-order chi connectivity index (χ0) is 27.0. The number of carbonyl (C=O) groups is 3. The second kappa shape index (κ2) is 12.4. The van der Waals surface area contributed by atoms with Crippen LogP contribution >= 0.6 is 0 Å². The SMILES string of the molecule is Cc1cccc(C)c1NC(=O)C(c1ccccc1O)N(CCO)C(=O)C(CO)NC(=O)OC(C)(C)C. The van der Waals surface area contributed by atoms with Crippen LogP contribution in [0.4, 0.5) is 10.5 Å². The summed E-state index contributed by atoms with van der Waals surface area (Å²) in [5, 5.41) is 35.3. The lowest BCUT2D eigenvalue weighted by Crippen LogP contribution is -2.54. The molecule has 36 heavy (non-hydrogen) atoms. The third-order valence-corrected chi connectivity index (χ3v) is 5.32. The molecule has 3 amide bonds. The van der Waals surface area contributed by atoms with Gasteiger partial charge in [0.05, 0.1) is 13.2 Å². The minimum atomic E-state index is -1.47. The highest BCUT2D eigenvalue weighted by molar-refractivity contribution is 6.00. The molecule has 0 aliphatic carbocycles. The van der Waals surface area contributed by atoms with E-state index >= 15 is 0 Å². The van der Waals surface area contributed by atoms with Crippen LogP contribution in [0.25, 0.3) is 0 Å². The van der Waals surface area contributed by atoms with E-state index in [0.29, 0.717) is 5.69 Å². The van der Waals surface area contributed by atoms with Crippen molar-refractivity contribution in [2.45, 2.75) is 52.3 Å². The highest BCUT2D eigenvalue weighted by Crippen LogP contribution is 2.31. The van der Waals surface area contributed by atoms with E-state index in [1.807, 2.05) is 32.0 Å². The van der Waals surface area contributed by atoms with Gasteiger partial charge in [-0.3, -0.25) is 9.59 Å². The second-order valence-electron chi connectivity index (χ2n) is 9.35. The number of aromatic hydroxyl groups is 1. The molecular formula is C26H35N3O7. The highest BCUT2D eigenvalue weighted by Gasteiger charge is 2.37. The van der Waals surface area contributed by atoms with Gasteiger partial charge in [-0.15, -0.1) is 0 Å². The number of aliphatic hydroxyl groups excluding tert-OH is 2. The molecule has 0 bridgehead atoms. The summed E-state index contributed by atoms with van der Waals surface area (Å²) in [7, 11) is 0. The number of nitrogens with one attached hydrogen (secondary N) is 2. The van der Waals surface area contributed by atoms with Gasteiger partial charge in [0.2, 0.25) is 5.91 Å². The van der Waals surface area contributed by atoms with Crippen LogP contribution in [-0.2, 0) is 14.3 Å². The third-order valence-electron chi connectivity index (χ3n) is 5.32. The first kappa shape index (κ1) is 28.6. The van der Waals surface area contributed by atoms with Crippen molar-refractivity contribution in [3.8, 4) is 5.75 Å². The van der Waals surface area contributed by atoms with Gasteiger partial charge in [-0.05, 0) is 51.8 Å². The maximum absolute atomic E-state index is 13.6. The summed E-state index contributed by atoms with van der Waals surface area (Å²) in [4.78, 5) is 40.4. The number of phenolic OH excluding ortho intramolecular Hbond substituents is 1. The summed E-state index contributed by atoms with van der Waals surface area (Å²) in [5.41, 5.74) is 1.39. The maximum Gasteiger partial charge on any atom is 0.408 e. The van der Waals surface area contributed by atoms with Crippen molar-refractivity contribution in [3.63, 3.8) is 0 Å². The van der Waals surface area contributed by atoms with E-state index in [1.165, 1.54) is 12.1 Å². The molecule has 0 radical (unpaired) electrons. The summed E-state index contributed by atoms with van der Waals surface area (Å²) in [5.74, 6) is -1.73. The van der Waals surface area contributed by atoms with Crippen molar-refractivity contribution in [1.82, 2.24) is 10.2 Å². The van der Waals surface area contributed by atoms with Crippen molar-refractivity contribution in [2.24, 2.45) is 0 Å². The van der Waals surface area contributed by atoms with E-state index in [9.17, 15) is 29.7 Å². The fraction of sp³-hybridized carbons (Fsp3) is 0.423. The quantitative estimate of drug-likeness (QED) is 0.354. The van der Waals surface area contributed by atoms with Crippen molar-refractivity contribution in [1.29, 1.82) is 0 Å². The number of para-hydroxylation sites is 2. The van der Waals surface area contributed by atoms with Crippen LogP contribution in [0.5, 0.6) is 5.75 Å². The number of nitrogens with zero attached hydrogens (tertiary/aromatic N) is 1. The standard InChI is InChI=1S/C26H35N3O7/c1-16-9-8-10-17(2)21(16)28-23(33)22(18-11-6-7-12-20(18)32)29(13-14-30)24(34)19(15-31)27-25(35)36-26(3,4)5/h6-12,19,22,30-32H,13-15H2,1-5H3,(H,27,35)(H,28,33). The molecule has 0 saturated carbocycles. The van der Waals surface area contributed by atoms with Crippen LogP contribution < -0.4 is 10.6 Å². The molecule has 0 aliphatic rings. The molecule has 2 aromatic carbocycles. The van der Waals surface area contributed by atoms with Gasteiger partial charge in [-0.25, -0.2) is 4.79 Å². The first-order valence-electron chi connectivity index (χ1n) is 11.6. The lowest BCUT2D eigenvalue weighted by atomic mass is 10.0. The summed E-state index contributed by atoms with van der Waals surface area (Å²) in [6.45, 7) is 6.96. The number of alkyl carbamates (subject to hydrolysis) is 1. The van der Waals surface area contributed by atoms with E-state index in [0.717, 1.165) is 16.0 Å². The largest absolute Gasteiger partial charge is 0.508 e. The number of anilines is 1. The predicted octanol–water partition coefficient (Wildman–Crippen LogP) is 2.40. The van der Waals surface area contributed by atoms with Gasteiger partial charge in [-0.1, -0.05) is 36.4 Å². The van der Waals surface area contributed by atoms with E-state index < -0.39 is 48.8 Å². The summed E-state index contributed by atoms with van der Waals surface area (Å²) in [6.07, 6.45) is -0.932. The Morgan fingerprint density at radius 2 is 1.61 bits per heavy atom. The number of aliphatic hydroxyl groups is 2. The zero-order valence-corrected chi connectivity index (χ0v) is 21.2. The van der Waals surface area contributed by atoms with Gasteiger partial charge in [0.25, 0.3) is 5.91 Å². The Hall–Kier alpha value is -3.63. The molecule has 2 atom stereocenters. The highest BCUT2D eigenvalue weighted by atomic mass is 16.6. The average Bonchev–Trinajstić information content (AvgIpc) is 2.79. The van der Waals surface area contributed by atoms with Gasteiger partial charge >= 0.3 is 6.09 Å². The van der Waals surface area contributed by atoms with Crippen molar-refractivity contribution in [3.05, 3.63) is 59.2 Å². The molecule has 2 aromatic rings. The van der Waals surface area contributed by atoms with Crippen molar-refractivity contribution < 1.29 is 34.4 Å². The van der Waals surface area contributed by atoms with Gasteiger partial charge in [-0.2, -0.15) is 0 Å². The topological polar surface area (TPSA) is 148 Å². The molecule has 2 rings (SSSR count).